The monoisotopic (exact) mass is 332 g/mol. The molecule has 24 heavy (non-hydrogen) atoms. The number of nitrogens with one attached hydrogen (secondary N) is 1. The van der Waals surface area contributed by atoms with Gasteiger partial charge in [0.05, 0.1) is 13.2 Å². The van der Waals surface area contributed by atoms with E-state index < -0.39 is 0 Å². The molecule has 0 aliphatic carbocycles. The van der Waals surface area contributed by atoms with Crippen LogP contribution in [0.1, 0.15) is 46.0 Å². The molecular weight excluding hydrogens is 304 g/mol. The zero-order valence-electron chi connectivity index (χ0n) is 14.9. The van der Waals surface area contributed by atoms with Gasteiger partial charge in [0.25, 0.3) is 0 Å². The van der Waals surface area contributed by atoms with E-state index in [4.69, 9.17) is 4.74 Å². The number of rotatable bonds is 8. The topological polar surface area (TPSA) is 58.6 Å². The van der Waals surface area contributed by atoms with Crippen LogP contribution in [0.5, 0.6) is 5.75 Å². The summed E-state index contributed by atoms with van der Waals surface area (Å²) in [5.41, 5.74) is 0.815. The van der Waals surface area contributed by atoms with Gasteiger partial charge in [-0.15, -0.1) is 0 Å². The van der Waals surface area contributed by atoms with E-state index in [0.29, 0.717) is 13.0 Å². The summed E-state index contributed by atoms with van der Waals surface area (Å²) in [6.07, 6.45) is 4.16. The number of hydrogen-bond donors (Lipinski definition) is 1. The van der Waals surface area contributed by atoms with Gasteiger partial charge in [0.2, 0.25) is 11.8 Å². The van der Waals surface area contributed by atoms with Crippen molar-refractivity contribution in [3.05, 3.63) is 24.3 Å². The first kappa shape index (κ1) is 18.3. The predicted octanol–water partition coefficient (Wildman–Crippen LogP) is 3.13. The van der Waals surface area contributed by atoms with Crippen molar-refractivity contribution < 1.29 is 14.3 Å². The Hall–Kier alpha value is -2.04. The molecule has 0 aromatic heterocycles. The molecule has 2 rings (SSSR count). The van der Waals surface area contributed by atoms with E-state index in [1.165, 1.54) is 0 Å². The second-order valence-electron chi connectivity index (χ2n) is 6.39. The number of amides is 2. The summed E-state index contributed by atoms with van der Waals surface area (Å²) in [6.45, 7) is 4.71. The van der Waals surface area contributed by atoms with Gasteiger partial charge in [-0.25, -0.2) is 0 Å². The van der Waals surface area contributed by atoms with Crippen molar-refractivity contribution in [2.45, 2.75) is 52.0 Å². The minimum absolute atomic E-state index is 0.0380. The third-order valence-electron chi connectivity index (χ3n) is 4.48. The van der Waals surface area contributed by atoms with Gasteiger partial charge < -0.3 is 15.0 Å². The first-order valence-corrected chi connectivity index (χ1v) is 8.83. The number of carbonyl (C=O) groups is 2. The third-order valence-corrected chi connectivity index (χ3v) is 4.48. The van der Waals surface area contributed by atoms with Gasteiger partial charge in [0.15, 0.2) is 0 Å². The van der Waals surface area contributed by atoms with Crippen molar-refractivity contribution in [2.75, 3.05) is 18.6 Å². The predicted molar refractivity (Wildman–Crippen MR) is 95.2 cm³/mol. The molecule has 1 fully saturated rings. The fourth-order valence-corrected chi connectivity index (χ4v) is 3.25. The van der Waals surface area contributed by atoms with E-state index in [0.717, 1.165) is 37.1 Å². The first-order valence-electron chi connectivity index (χ1n) is 8.83. The quantitative estimate of drug-likeness (QED) is 0.795. The van der Waals surface area contributed by atoms with Crippen LogP contribution in [0.3, 0.4) is 0 Å². The maximum Gasteiger partial charge on any atom is 0.229 e. The van der Waals surface area contributed by atoms with Crippen molar-refractivity contribution in [3.8, 4) is 5.75 Å². The Morgan fingerprint density at radius 2 is 2.04 bits per heavy atom. The summed E-state index contributed by atoms with van der Waals surface area (Å²) in [4.78, 5) is 26.5. The number of nitrogens with zero attached hydrogens (tertiary/aromatic N) is 1. The van der Waals surface area contributed by atoms with Crippen molar-refractivity contribution in [1.29, 1.82) is 0 Å². The van der Waals surface area contributed by atoms with Gasteiger partial charge in [-0.3, -0.25) is 9.59 Å². The van der Waals surface area contributed by atoms with E-state index in [1.807, 2.05) is 24.3 Å². The molecule has 0 radical (unpaired) electrons. The highest BCUT2D eigenvalue weighted by molar-refractivity contribution is 5.97. The second-order valence-corrected chi connectivity index (χ2v) is 6.39. The fourth-order valence-electron chi connectivity index (χ4n) is 3.25. The molecule has 5 nitrogen and oxygen atoms in total. The average molecular weight is 332 g/mol. The zero-order chi connectivity index (χ0) is 17.5. The standard InChI is InChI=1S/C19H28N2O3/c1-4-7-14(8-5-2)19(23)20-15-11-18(22)21(13-15)16-9-6-10-17(12-16)24-3/h6,9-10,12,14-15H,4-5,7-8,11,13H2,1-3H3,(H,20,23). The molecule has 132 valence electrons. The van der Waals surface area contributed by atoms with Crippen molar-refractivity contribution in [1.82, 2.24) is 5.32 Å². The fraction of sp³-hybridized carbons (Fsp3) is 0.579. The molecule has 2 amide bonds. The lowest BCUT2D eigenvalue weighted by molar-refractivity contribution is -0.126. The van der Waals surface area contributed by atoms with Crippen LogP contribution in [-0.2, 0) is 9.59 Å². The van der Waals surface area contributed by atoms with E-state index in [9.17, 15) is 9.59 Å². The van der Waals surface area contributed by atoms with E-state index in [2.05, 4.69) is 19.2 Å². The summed E-state index contributed by atoms with van der Waals surface area (Å²) >= 11 is 0. The Bertz CT molecular complexity index is 567. The van der Waals surface area contributed by atoms with Gasteiger partial charge in [0.1, 0.15) is 5.75 Å². The van der Waals surface area contributed by atoms with Gasteiger partial charge >= 0.3 is 0 Å². The third kappa shape index (κ3) is 4.49. The van der Waals surface area contributed by atoms with Crippen LogP contribution in [0.15, 0.2) is 24.3 Å². The summed E-state index contributed by atoms with van der Waals surface area (Å²) in [6, 6.07) is 7.34. The summed E-state index contributed by atoms with van der Waals surface area (Å²) in [5, 5.41) is 3.07. The largest absolute Gasteiger partial charge is 0.497 e. The minimum atomic E-state index is -0.118. The molecule has 0 bridgehead atoms. The SMILES string of the molecule is CCCC(CCC)C(=O)NC1CC(=O)N(c2cccc(OC)c2)C1. The molecule has 5 heteroatoms. The van der Waals surface area contributed by atoms with Crippen LogP contribution in [-0.4, -0.2) is 31.5 Å². The van der Waals surface area contributed by atoms with Crippen molar-refractivity contribution in [3.63, 3.8) is 0 Å². The maximum absolute atomic E-state index is 12.5. The molecule has 0 saturated carbocycles. The van der Waals surface area contributed by atoms with Gasteiger partial charge in [0, 0.05) is 30.6 Å². The molecule has 1 aromatic rings. The molecule has 1 saturated heterocycles. The number of benzene rings is 1. The first-order chi connectivity index (χ1) is 11.6. The summed E-state index contributed by atoms with van der Waals surface area (Å²) in [7, 11) is 1.61. The Labute approximate surface area is 144 Å². The van der Waals surface area contributed by atoms with E-state index >= 15 is 0 Å². The van der Waals surface area contributed by atoms with Crippen LogP contribution < -0.4 is 15.0 Å². The van der Waals surface area contributed by atoms with Crippen LogP contribution in [0.2, 0.25) is 0 Å². The van der Waals surface area contributed by atoms with E-state index in [1.54, 1.807) is 12.0 Å². The summed E-state index contributed by atoms with van der Waals surface area (Å²) < 4.78 is 5.22. The Morgan fingerprint density at radius 3 is 2.67 bits per heavy atom. The van der Waals surface area contributed by atoms with Crippen molar-refractivity contribution in [2.24, 2.45) is 5.92 Å². The van der Waals surface area contributed by atoms with Gasteiger partial charge in [-0.2, -0.15) is 0 Å². The number of methoxy groups -OCH3 is 1. The molecule has 1 heterocycles. The maximum atomic E-state index is 12.5. The molecule has 1 aromatic carbocycles. The van der Waals surface area contributed by atoms with Crippen LogP contribution in [0.25, 0.3) is 0 Å². The molecular formula is C19H28N2O3. The highest BCUT2D eigenvalue weighted by atomic mass is 16.5. The molecule has 1 aliphatic heterocycles. The molecule has 1 unspecified atom stereocenters. The summed E-state index contributed by atoms with van der Waals surface area (Å²) in [5.74, 6) is 0.903. The molecule has 1 N–H and O–H groups in total. The smallest absolute Gasteiger partial charge is 0.229 e. The lowest BCUT2D eigenvalue weighted by Crippen LogP contribution is -2.40. The number of carbonyl (C=O) groups excluding carboxylic acids is 2. The average Bonchev–Trinajstić information content (AvgIpc) is 2.95. The Morgan fingerprint density at radius 1 is 1.33 bits per heavy atom. The number of hydrogen-bond acceptors (Lipinski definition) is 3. The highest BCUT2D eigenvalue weighted by Gasteiger charge is 2.32. The Balaban J connectivity index is 1.99. The second kappa shape index (κ2) is 8.71. The van der Waals surface area contributed by atoms with Crippen LogP contribution >= 0.6 is 0 Å². The van der Waals surface area contributed by atoms with E-state index in [-0.39, 0.29) is 23.8 Å². The highest BCUT2D eigenvalue weighted by Crippen LogP contribution is 2.25. The zero-order valence-corrected chi connectivity index (χ0v) is 14.9. The lowest BCUT2D eigenvalue weighted by Gasteiger charge is -2.20. The Kier molecular flexibility index (Phi) is 6.64. The lowest BCUT2D eigenvalue weighted by atomic mass is 9.97. The van der Waals surface area contributed by atoms with Crippen LogP contribution in [0, 0.1) is 5.92 Å². The number of ether oxygens (including phenoxy) is 1. The van der Waals surface area contributed by atoms with Crippen LogP contribution in [0.4, 0.5) is 5.69 Å². The molecule has 0 spiro atoms. The van der Waals surface area contributed by atoms with Gasteiger partial charge in [-0.1, -0.05) is 32.8 Å². The van der Waals surface area contributed by atoms with Gasteiger partial charge in [-0.05, 0) is 25.0 Å². The van der Waals surface area contributed by atoms with Crippen molar-refractivity contribution >= 4 is 17.5 Å². The normalized spacial score (nSPS) is 17.4. The molecule has 1 atom stereocenters. The number of anilines is 1. The minimum Gasteiger partial charge on any atom is -0.497 e. The molecule has 1 aliphatic rings.